The summed E-state index contributed by atoms with van der Waals surface area (Å²) in [6, 6.07) is 18.6. The maximum atomic E-state index is 12.3. The number of hydrogen-bond acceptors (Lipinski definition) is 7. The van der Waals surface area contributed by atoms with E-state index in [1.165, 1.54) is 0 Å². The molecule has 4 rings (SSSR count). The number of halogens is 3. The first-order valence-electron chi connectivity index (χ1n) is 12.0. The van der Waals surface area contributed by atoms with Crippen LogP contribution in [0.2, 0.25) is 0 Å². The number of carbonyl (C=O) groups excluding carboxylic acids is 2. The lowest BCUT2D eigenvalue weighted by Gasteiger charge is -2.30. The molecule has 7 nitrogen and oxygen atoms in total. The van der Waals surface area contributed by atoms with E-state index in [9.17, 15) is 22.8 Å². The van der Waals surface area contributed by atoms with Crippen LogP contribution >= 0.6 is 0 Å². The largest absolute Gasteiger partial charge is 0.491 e. The fourth-order valence-corrected chi connectivity index (χ4v) is 4.50. The molecule has 10 heteroatoms. The number of nitrogens with two attached hydrogens (primary N) is 1. The molecule has 2 aromatic carbocycles. The third kappa shape index (κ3) is 6.91. The van der Waals surface area contributed by atoms with E-state index >= 15 is 0 Å². The number of carbonyl (C=O) groups is 2. The number of aromatic nitrogens is 2. The Bertz CT molecular complexity index is 1210. The van der Waals surface area contributed by atoms with Crippen molar-refractivity contribution in [2.75, 3.05) is 5.32 Å². The molecule has 0 amide bonds. The molecule has 194 valence electrons. The van der Waals surface area contributed by atoms with Crippen molar-refractivity contribution in [2.45, 2.75) is 50.4 Å². The van der Waals surface area contributed by atoms with E-state index in [1.54, 1.807) is 0 Å². The van der Waals surface area contributed by atoms with Crippen LogP contribution in [0.4, 0.5) is 19.1 Å². The highest BCUT2D eigenvalue weighted by atomic mass is 19.4. The summed E-state index contributed by atoms with van der Waals surface area (Å²) in [6.07, 6.45) is -0.362. The minimum absolute atomic E-state index is 0.0304. The lowest BCUT2D eigenvalue weighted by atomic mass is 9.82. The van der Waals surface area contributed by atoms with E-state index in [4.69, 9.17) is 10.7 Å². The summed E-state index contributed by atoms with van der Waals surface area (Å²) >= 11 is 0. The average molecular weight is 513 g/mol. The number of ether oxygens (including phenoxy) is 1. The van der Waals surface area contributed by atoms with Crippen molar-refractivity contribution in [1.82, 2.24) is 9.97 Å². The minimum Gasteiger partial charge on any atom is -0.385 e. The maximum absolute atomic E-state index is 12.3. The summed E-state index contributed by atoms with van der Waals surface area (Å²) in [5.41, 5.74) is 9.43. The van der Waals surface area contributed by atoms with Crippen molar-refractivity contribution in [3.63, 3.8) is 0 Å². The van der Waals surface area contributed by atoms with Crippen LogP contribution in [0.1, 0.15) is 32.1 Å². The highest BCUT2D eigenvalue weighted by Crippen LogP contribution is 2.32. The smallest absolute Gasteiger partial charge is 0.385 e. The van der Waals surface area contributed by atoms with E-state index in [1.807, 2.05) is 66.9 Å². The van der Waals surface area contributed by atoms with Gasteiger partial charge in [0.05, 0.1) is 5.69 Å². The Morgan fingerprint density at radius 2 is 1.57 bits per heavy atom. The molecular formula is C27H27F3N4O3. The van der Waals surface area contributed by atoms with Gasteiger partial charge in [0.15, 0.2) is 0 Å². The molecular weight excluding hydrogens is 485 g/mol. The van der Waals surface area contributed by atoms with E-state index in [-0.39, 0.29) is 18.4 Å². The highest BCUT2D eigenvalue weighted by molar-refractivity contribution is 5.90. The van der Waals surface area contributed by atoms with Gasteiger partial charge in [-0.1, -0.05) is 60.7 Å². The van der Waals surface area contributed by atoms with Gasteiger partial charge >= 0.3 is 18.1 Å². The van der Waals surface area contributed by atoms with Crippen molar-refractivity contribution in [2.24, 2.45) is 11.7 Å². The monoisotopic (exact) mass is 512 g/mol. The summed E-state index contributed by atoms with van der Waals surface area (Å²) in [7, 11) is 0. The van der Waals surface area contributed by atoms with Crippen molar-refractivity contribution >= 4 is 17.9 Å². The Labute approximate surface area is 212 Å². The predicted molar refractivity (Wildman–Crippen MR) is 132 cm³/mol. The molecule has 1 atom stereocenters. The van der Waals surface area contributed by atoms with Gasteiger partial charge in [-0.05, 0) is 43.6 Å². The van der Waals surface area contributed by atoms with Crippen molar-refractivity contribution in [3.8, 4) is 22.4 Å². The minimum atomic E-state index is -5.24. The predicted octanol–water partition coefficient (Wildman–Crippen LogP) is 5.13. The van der Waals surface area contributed by atoms with Crippen LogP contribution in [0.3, 0.4) is 0 Å². The van der Waals surface area contributed by atoms with Crippen LogP contribution in [0.5, 0.6) is 0 Å². The van der Waals surface area contributed by atoms with E-state index in [0.717, 1.165) is 35.2 Å². The molecule has 0 saturated heterocycles. The summed E-state index contributed by atoms with van der Waals surface area (Å²) in [5, 5.41) is 3.39. The number of nitrogens with one attached hydrogen (secondary N) is 1. The Hall–Kier alpha value is -3.79. The highest BCUT2D eigenvalue weighted by Gasteiger charge is 2.43. The van der Waals surface area contributed by atoms with Crippen LogP contribution in [0.25, 0.3) is 22.4 Å². The van der Waals surface area contributed by atoms with Crippen LogP contribution in [-0.2, 0) is 14.3 Å². The van der Waals surface area contributed by atoms with Gasteiger partial charge in [0.2, 0.25) is 5.95 Å². The molecule has 1 aliphatic carbocycles. The average Bonchev–Trinajstić information content (AvgIpc) is 2.90. The molecule has 3 aromatic rings. The first kappa shape index (κ1) is 26.3. The van der Waals surface area contributed by atoms with Crippen LogP contribution in [0.15, 0.2) is 66.9 Å². The van der Waals surface area contributed by atoms with E-state index < -0.39 is 24.2 Å². The van der Waals surface area contributed by atoms with Crippen molar-refractivity contribution < 1.29 is 27.5 Å². The Kier molecular flexibility index (Phi) is 8.17. The molecule has 1 heterocycles. The van der Waals surface area contributed by atoms with E-state index in [2.05, 4.69) is 15.0 Å². The normalized spacial score (nSPS) is 18.6. The number of benzene rings is 2. The molecule has 0 spiro atoms. The SMILES string of the molecule is N[C@@H](CC1CCC(Nc2ncc(-c3ccccc3)c(-c3ccccc3)n2)CC1)C(=O)OC(=O)C(F)(F)F. The molecule has 1 aliphatic rings. The van der Waals surface area contributed by atoms with Crippen LogP contribution < -0.4 is 11.1 Å². The van der Waals surface area contributed by atoms with E-state index in [0.29, 0.717) is 18.8 Å². The number of esters is 2. The zero-order valence-electron chi connectivity index (χ0n) is 19.9. The number of rotatable bonds is 7. The third-order valence-electron chi connectivity index (χ3n) is 6.42. The molecule has 1 fully saturated rings. The van der Waals surface area contributed by atoms with Gasteiger partial charge in [0, 0.05) is 23.4 Å². The van der Waals surface area contributed by atoms with Crippen molar-refractivity contribution in [1.29, 1.82) is 0 Å². The van der Waals surface area contributed by atoms with Gasteiger partial charge in [-0.25, -0.2) is 19.6 Å². The van der Waals surface area contributed by atoms with Gasteiger partial charge in [-0.3, -0.25) is 0 Å². The van der Waals surface area contributed by atoms with Crippen LogP contribution in [0, 0.1) is 5.92 Å². The molecule has 0 radical (unpaired) electrons. The molecule has 0 aliphatic heterocycles. The number of alkyl halides is 3. The zero-order valence-corrected chi connectivity index (χ0v) is 19.9. The number of nitrogens with zero attached hydrogens (tertiary/aromatic N) is 2. The lowest BCUT2D eigenvalue weighted by molar-refractivity contribution is -0.202. The van der Waals surface area contributed by atoms with Gasteiger partial charge < -0.3 is 15.8 Å². The van der Waals surface area contributed by atoms with Gasteiger partial charge in [-0.2, -0.15) is 13.2 Å². The summed E-state index contributed by atoms with van der Waals surface area (Å²) in [5.74, 6) is -3.37. The molecule has 0 unspecified atom stereocenters. The molecule has 1 saturated carbocycles. The van der Waals surface area contributed by atoms with Gasteiger partial charge in [0.1, 0.15) is 6.04 Å². The first-order valence-corrected chi connectivity index (χ1v) is 12.0. The Balaban J connectivity index is 1.37. The first-order chi connectivity index (χ1) is 17.7. The zero-order chi connectivity index (χ0) is 26.4. The van der Waals surface area contributed by atoms with Gasteiger partial charge in [-0.15, -0.1) is 0 Å². The van der Waals surface area contributed by atoms with Crippen LogP contribution in [-0.4, -0.2) is 40.2 Å². The third-order valence-corrected chi connectivity index (χ3v) is 6.42. The Morgan fingerprint density at radius 1 is 0.973 bits per heavy atom. The quantitative estimate of drug-likeness (QED) is 0.334. The van der Waals surface area contributed by atoms with Crippen molar-refractivity contribution in [3.05, 3.63) is 66.9 Å². The number of anilines is 1. The molecule has 3 N–H and O–H groups in total. The summed E-state index contributed by atoms with van der Waals surface area (Å²) < 4.78 is 40.7. The Morgan fingerprint density at radius 3 is 2.16 bits per heavy atom. The second kappa shape index (κ2) is 11.5. The fourth-order valence-electron chi connectivity index (χ4n) is 4.50. The molecule has 37 heavy (non-hydrogen) atoms. The topological polar surface area (TPSA) is 107 Å². The second-order valence-electron chi connectivity index (χ2n) is 9.10. The standard InChI is InChI=1S/C27H27F3N4O3/c28-27(29,30)25(36)37-24(35)22(31)15-17-11-13-20(14-12-17)33-26-32-16-21(18-7-3-1-4-8-18)23(34-26)19-9-5-2-6-10-19/h1-10,16-17,20,22H,11-15,31H2,(H,32,33,34)/t17?,20?,22-/m0/s1. The second-order valence-corrected chi connectivity index (χ2v) is 9.10. The maximum Gasteiger partial charge on any atom is 0.491 e. The summed E-state index contributed by atoms with van der Waals surface area (Å²) in [6.45, 7) is 0. The summed E-state index contributed by atoms with van der Waals surface area (Å²) in [4.78, 5) is 32.0. The molecule has 0 bridgehead atoms. The fraction of sp³-hybridized carbons (Fsp3) is 0.333. The lowest BCUT2D eigenvalue weighted by Crippen LogP contribution is -2.39. The molecule has 1 aromatic heterocycles. The number of hydrogen-bond donors (Lipinski definition) is 2. The van der Waals surface area contributed by atoms with Gasteiger partial charge in [0.25, 0.3) is 0 Å².